The van der Waals surface area contributed by atoms with Gasteiger partial charge in [-0.15, -0.1) is 0 Å². The summed E-state index contributed by atoms with van der Waals surface area (Å²) in [4.78, 5) is 5.15. The summed E-state index contributed by atoms with van der Waals surface area (Å²) in [6.07, 6.45) is -4.44. The van der Waals surface area contributed by atoms with Crippen molar-refractivity contribution >= 4 is 17.3 Å². The van der Waals surface area contributed by atoms with Gasteiger partial charge in [-0.3, -0.25) is 0 Å². The van der Waals surface area contributed by atoms with Crippen LogP contribution in [0, 0.1) is 6.92 Å². The molecule has 0 unspecified atom stereocenters. The molecule has 0 spiro atoms. The summed E-state index contributed by atoms with van der Waals surface area (Å²) >= 11 is 5.77. The van der Waals surface area contributed by atoms with Crippen molar-refractivity contribution < 1.29 is 18.0 Å². The van der Waals surface area contributed by atoms with Gasteiger partial charge in [0.15, 0.2) is 0 Å². The van der Waals surface area contributed by atoms with Crippen LogP contribution in [0.5, 0.6) is 0 Å². The van der Waals surface area contributed by atoms with Gasteiger partial charge < -0.3 is 4.84 Å². The fourth-order valence-electron chi connectivity index (χ4n) is 2.04. The van der Waals surface area contributed by atoms with Gasteiger partial charge >= 0.3 is 6.18 Å². The molecule has 2 nitrogen and oxygen atoms in total. The Kier molecular flexibility index (Phi) is 5.31. The van der Waals surface area contributed by atoms with E-state index in [9.17, 15) is 13.2 Å². The van der Waals surface area contributed by atoms with E-state index in [1.807, 2.05) is 0 Å². The predicted octanol–water partition coefficient (Wildman–Crippen LogP) is 5.61. The number of hydrogen-bond acceptors (Lipinski definition) is 2. The summed E-state index contributed by atoms with van der Waals surface area (Å²) < 4.78 is 39.3. The second-order valence-corrected chi connectivity index (χ2v) is 5.56. The maximum atomic E-state index is 13.1. The summed E-state index contributed by atoms with van der Waals surface area (Å²) in [7, 11) is 0. The van der Waals surface area contributed by atoms with Gasteiger partial charge in [0.1, 0.15) is 6.61 Å². The number of oxime groups is 1. The third kappa shape index (κ3) is 4.73. The molecule has 2 aromatic rings. The molecule has 0 aliphatic rings. The van der Waals surface area contributed by atoms with E-state index in [4.69, 9.17) is 16.4 Å². The molecule has 0 aromatic heterocycles. The van der Waals surface area contributed by atoms with Crippen molar-refractivity contribution in [2.24, 2.45) is 5.16 Å². The molecule has 0 fully saturated rings. The zero-order valence-corrected chi connectivity index (χ0v) is 13.4. The summed E-state index contributed by atoms with van der Waals surface area (Å²) in [5.41, 5.74) is 0.834. The highest BCUT2D eigenvalue weighted by atomic mass is 35.5. The predicted molar refractivity (Wildman–Crippen MR) is 84.6 cm³/mol. The molecule has 0 N–H and O–H groups in total. The third-order valence-corrected chi connectivity index (χ3v) is 3.47. The molecule has 122 valence electrons. The van der Waals surface area contributed by atoms with E-state index in [0.29, 0.717) is 10.6 Å². The molecular weight excluding hydrogens is 327 g/mol. The number of nitrogens with zero attached hydrogens (tertiary/aromatic N) is 1. The fraction of sp³-hybridized carbons (Fsp3) is 0.235. The SMILES string of the molecule is C/C(=N/OCc1ccc(Cl)cc1)c1ccc(C)cc1C(F)(F)F. The van der Waals surface area contributed by atoms with Crippen molar-refractivity contribution in [2.45, 2.75) is 26.6 Å². The Balaban J connectivity index is 2.16. The van der Waals surface area contributed by atoms with Gasteiger partial charge in [-0.25, -0.2) is 0 Å². The van der Waals surface area contributed by atoms with E-state index in [0.717, 1.165) is 11.6 Å². The second-order valence-electron chi connectivity index (χ2n) is 5.12. The number of hydrogen-bond donors (Lipinski definition) is 0. The van der Waals surface area contributed by atoms with Gasteiger partial charge in [-0.05, 0) is 37.6 Å². The van der Waals surface area contributed by atoms with Crippen LogP contribution in [-0.4, -0.2) is 5.71 Å². The summed E-state index contributed by atoms with van der Waals surface area (Å²) in [6, 6.07) is 11.1. The van der Waals surface area contributed by atoms with Gasteiger partial charge in [0.05, 0.1) is 11.3 Å². The Hall–Kier alpha value is -2.01. The largest absolute Gasteiger partial charge is 0.417 e. The molecule has 0 amide bonds. The molecule has 0 heterocycles. The lowest BCUT2D eigenvalue weighted by Gasteiger charge is -2.13. The van der Waals surface area contributed by atoms with E-state index in [1.54, 1.807) is 37.3 Å². The Morgan fingerprint density at radius 1 is 1.13 bits per heavy atom. The summed E-state index contributed by atoms with van der Waals surface area (Å²) in [5, 5.41) is 4.40. The molecule has 2 rings (SSSR count). The first-order chi connectivity index (χ1) is 10.8. The standard InChI is InChI=1S/C17H15ClF3NO/c1-11-3-8-15(16(9-11)17(19,20)21)12(2)22-23-10-13-4-6-14(18)7-5-13/h3-9H,10H2,1-2H3/b22-12-. The minimum atomic E-state index is -4.44. The van der Waals surface area contributed by atoms with Gasteiger partial charge in [0, 0.05) is 10.6 Å². The van der Waals surface area contributed by atoms with Crippen LogP contribution >= 0.6 is 11.6 Å². The van der Waals surface area contributed by atoms with E-state index in [1.165, 1.54) is 13.0 Å². The Labute approximate surface area is 137 Å². The highest BCUT2D eigenvalue weighted by molar-refractivity contribution is 6.30. The van der Waals surface area contributed by atoms with E-state index >= 15 is 0 Å². The zero-order chi connectivity index (χ0) is 17.0. The third-order valence-electron chi connectivity index (χ3n) is 3.22. The van der Waals surface area contributed by atoms with Crippen LogP contribution in [0.3, 0.4) is 0 Å². The summed E-state index contributed by atoms with van der Waals surface area (Å²) in [5.74, 6) is 0. The first-order valence-electron chi connectivity index (χ1n) is 6.86. The van der Waals surface area contributed by atoms with Crippen molar-refractivity contribution in [3.05, 3.63) is 69.7 Å². The van der Waals surface area contributed by atoms with E-state index < -0.39 is 11.7 Å². The van der Waals surface area contributed by atoms with Crippen LogP contribution in [0.1, 0.15) is 29.2 Å². The van der Waals surface area contributed by atoms with Gasteiger partial charge in [0.25, 0.3) is 0 Å². The van der Waals surface area contributed by atoms with Gasteiger partial charge in [0.2, 0.25) is 0 Å². The Morgan fingerprint density at radius 3 is 2.39 bits per heavy atom. The molecule has 0 saturated heterocycles. The van der Waals surface area contributed by atoms with Crippen molar-refractivity contribution in [2.75, 3.05) is 0 Å². The normalized spacial score (nSPS) is 12.3. The van der Waals surface area contributed by atoms with Crippen LogP contribution in [0.25, 0.3) is 0 Å². The molecule has 6 heteroatoms. The van der Waals surface area contributed by atoms with Crippen LogP contribution in [0.4, 0.5) is 13.2 Å². The van der Waals surface area contributed by atoms with Crippen LogP contribution in [0.2, 0.25) is 5.02 Å². The fourth-order valence-corrected chi connectivity index (χ4v) is 2.17. The van der Waals surface area contributed by atoms with Crippen molar-refractivity contribution in [1.82, 2.24) is 0 Å². The lowest BCUT2D eigenvalue weighted by molar-refractivity contribution is -0.137. The molecule has 0 aliphatic heterocycles. The highest BCUT2D eigenvalue weighted by Gasteiger charge is 2.34. The molecule has 0 saturated carbocycles. The molecule has 0 atom stereocenters. The van der Waals surface area contributed by atoms with Crippen LogP contribution < -0.4 is 0 Å². The quantitative estimate of drug-likeness (QED) is 0.523. The maximum absolute atomic E-state index is 13.1. The molecule has 0 aliphatic carbocycles. The number of aryl methyl sites for hydroxylation is 1. The van der Waals surface area contributed by atoms with Crippen LogP contribution in [0.15, 0.2) is 47.6 Å². The van der Waals surface area contributed by atoms with Crippen molar-refractivity contribution in [3.63, 3.8) is 0 Å². The van der Waals surface area contributed by atoms with E-state index in [2.05, 4.69) is 5.16 Å². The summed E-state index contributed by atoms with van der Waals surface area (Å²) in [6.45, 7) is 3.26. The Bertz CT molecular complexity index is 709. The van der Waals surface area contributed by atoms with Gasteiger partial charge in [-0.1, -0.05) is 46.6 Å². The molecule has 0 bridgehead atoms. The molecule has 0 radical (unpaired) electrons. The van der Waals surface area contributed by atoms with E-state index in [-0.39, 0.29) is 17.9 Å². The molecular formula is C17H15ClF3NO. The van der Waals surface area contributed by atoms with Gasteiger partial charge in [-0.2, -0.15) is 13.2 Å². The minimum absolute atomic E-state index is 0.0132. The number of rotatable bonds is 4. The Morgan fingerprint density at radius 2 is 1.78 bits per heavy atom. The first-order valence-corrected chi connectivity index (χ1v) is 7.24. The number of halogens is 4. The lowest BCUT2D eigenvalue weighted by Crippen LogP contribution is -2.12. The zero-order valence-electron chi connectivity index (χ0n) is 12.6. The number of alkyl halides is 3. The number of benzene rings is 2. The first kappa shape index (κ1) is 17.3. The average Bonchev–Trinajstić information content (AvgIpc) is 2.48. The smallest absolute Gasteiger partial charge is 0.391 e. The van der Waals surface area contributed by atoms with Crippen molar-refractivity contribution in [3.8, 4) is 0 Å². The minimum Gasteiger partial charge on any atom is -0.391 e. The topological polar surface area (TPSA) is 21.6 Å². The molecule has 2 aromatic carbocycles. The highest BCUT2D eigenvalue weighted by Crippen LogP contribution is 2.33. The van der Waals surface area contributed by atoms with Crippen molar-refractivity contribution in [1.29, 1.82) is 0 Å². The molecule has 23 heavy (non-hydrogen) atoms. The van der Waals surface area contributed by atoms with Crippen LogP contribution in [-0.2, 0) is 17.6 Å². The monoisotopic (exact) mass is 341 g/mol. The maximum Gasteiger partial charge on any atom is 0.417 e. The lowest BCUT2D eigenvalue weighted by atomic mass is 10.0. The average molecular weight is 342 g/mol. The second kappa shape index (κ2) is 7.04.